The molecule has 0 unspecified atom stereocenters. The van der Waals surface area contributed by atoms with Crippen molar-refractivity contribution < 1.29 is 9.18 Å². The lowest BCUT2D eigenvalue weighted by atomic mass is 10.1. The minimum Gasteiger partial charge on any atom is -0.346 e. The Balaban J connectivity index is 1.71. The van der Waals surface area contributed by atoms with Gasteiger partial charge in [-0.15, -0.1) is 0 Å². The summed E-state index contributed by atoms with van der Waals surface area (Å²) in [5.41, 5.74) is 2.76. The lowest BCUT2D eigenvalue weighted by molar-refractivity contribution is 0.0944. The van der Waals surface area contributed by atoms with Crippen molar-refractivity contribution >= 4 is 5.91 Å². The van der Waals surface area contributed by atoms with Crippen LogP contribution in [0.3, 0.4) is 0 Å². The first-order chi connectivity index (χ1) is 9.75. The minimum atomic E-state index is -0.321. The number of carbonyl (C=O) groups excluding carboxylic acids is 1. The van der Waals surface area contributed by atoms with E-state index in [1.54, 1.807) is 18.2 Å². The monoisotopic (exact) mass is 274 g/mol. The molecule has 0 bridgehead atoms. The third-order valence-corrected chi connectivity index (χ3v) is 3.42. The van der Waals surface area contributed by atoms with Crippen LogP contribution in [0, 0.1) is 5.82 Å². The number of H-pyrrole nitrogens is 1. The highest BCUT2D eigenvalue weighted by molar-refractivity contribution is 5.94. The van der Waals surface area contributed by atoms with Gasteiger partial charge in [0.2, 0.25) is 0 Å². The van der Waals surface area contributed by atoms with Crippen molar-refractivity contribution in [1.29, 1.82) is 0 Å². The van der Waals surface area contributed by atoms with Gasteiger partial charge in [-0.2, -0.15) is 5.10 Å². The van der Waals surface area contributed by atoms with E-state index in [-0.39, 0.29) is 18.3 Å². The Bertz CT molecular complexity index is 638. The van der Waals surface area contributed by atoms with Crippen LogP contribution in [-0.2, 0) is 19.5 Å². The van der Waals surface area contributed by atoms with Gasteiger partial charge in [-0.25, -0.2) is 4.39 Å². The molecular formula is C14H15FN4O. The summed E-state index contributed by atoms with van der Waals surface area (Å²) in [6.07, 6.45) is 0.836. The standard InChI is InChI=1S/C14H15FN4O/c15-11-4-2-1-3-9(11)7-17-14(20)13-10-8-16-6-5-12(10)18-19-13/h1-4,16H,5-8H2,(H,17,20)(H,18,19). The maximum absolute atomic E-state index is 13.5. The number of halogens is 1. The van der Waals surface area contributed by atoms with Gasteiger partial charge in [-0.3, -0.25) is 9.89 Å². The summed E-state index contributed by atoms with van der Waals surface area (Å²) in [4.78, 5) is 12.1. The average molecular weight is 274 g/mol. The number of hydrogen-bond acceptors (Lipinski definition) is 3. The maximum atomic E-state index is 13.5. The van der Waals surface area contributed by atoms with E-state index in [1.165, 1.54) is 6.07 Å². The molecule has 3 N–H and O–H groups in total. The fourth-order valence-electron chi connectivity index (χ4n) is 2.31. The van der Waals surface area contributed by atoms with Crippen molar-refractivity contribution in [2.24, 2.45) is 0 Å². The number of nitrogens with zero attached hydrogens (tertiary/aromatic N) is 1. The Morgan fingerprint density at radius 3 is 3.10 bits per heavy atom. The van der Waals surface area contributed by atoms with E-state index in [0.717, 1.165) is 24.2 Å². The summed E-state index contributed by atoms with van der Waals surface area (Å²) < 4.78 is 13.5. The van der Waals surface area contributed by atoms with Gasteiger partial charge in [0.1, 0.15) is 5.82 Å². The van der Waals surface area contributed by atoms with Gasteiger partial charge in [-0.05, 0) is 6.07 Å². The summed E-state index contributed by atoms with van der Waals surface area (Å²) in [5.74, 6) is -0.604. The maximum Gasteiger partial charge on any atom is 0.272 e. The fourth-order valence-corrected chi connectivity index (χ4v) is 2.31. The lowest BCUT2D eigenvalue weighted by Gasteiger charge is -2.12. The van der Waals surface area contributed by atoms with Crippen molar-refractivity contribution in [2.45, 2.75) is 19.5 Å². The van der Waals surface area contributed by atoms with Gasteiger partial charge in [0.25, 0.3) is 5.91 Å². The second-order valence-electron chi connectivity index (χ2n) is 4.73. The lowest BCUT2D eigenvalue weighted by Crippen LogP contribution is -2.28. The first kappa shape index (κ1) is 12.8. The normalized spacial score (nSPS) is 13.8. The van der Waals surface area contributed by atoms with Crippen molar-refractivity contribution in [2.75, 3.05) is 6.54 Å². The smallest absolute Gasteiger partial charge is 0.272 e. The van der Waals surface area contributed by atoms with Crippen LogP contribution in [-0.4, -0.2) is 22.6 Å². The number of carbonyl (C=O) groups is 1. The molecule has 0 saturated carbocycles. The molecule has 0 spiro atoms. The number of fused-ring (bicyclic) bond motifs is 1. The molecule has 1 aromatic carbocycles. The molecule has 2 heterocycles. The highest BCUT2D eigenvalue weighted by atomic mass is 19.1. The molecule has 0 atom stereocenters. The Morgan fingerprint density at radius 1 is 1.40 bits per heavy atom. The summed E-state index contributed by atoms with van der Waals surface area (Å²) in [6.45, 7) is 1.67. The van der Waals surface area contributed by atoms with Crippen LogP contribution in [0.1, 0.15) is 27.3 Å². The van der Waals surface area contributed by atoms with Crippen LogP contribution in [0.4, 0.5) is 4.39 Å². The Labute approximate surface area is 115 Å². The first-order valence-corrected chi connectivity index (χ1v) is 6.54. The summed E-state index contributed by atoms with van der Waals surface area (Å²) in [7, 11) is 0. The molecule has 0 aliphatic carbocycles. The van der Waals surface area contributed by atoms with E-state index in [9.17, 15) is 9.18 Å². The number of aromatic nitrogens is 2. The number of benzene rings is 1. The molecule has 1 aliphatic heterocycles. The molecular weight excluding hydrogens is 259 g/mol. The van der Waals surface area contributed by atoms with Gasteiger partial charge in [0, 0.05) is 42.9 Å². The third-order valence-electron chi connectivity index (χ3n) is 3.42. The Kier molecular flexibility index (Phi) is 3.47. The van der Waals surface area contributed by atoms with Crippen molar-refractivity contribution in [3.63, 3.8) is 0 Å². The largest absolute Gasteiger partial charge is 0.346 e. The predicted molar refractivity (Wildman–Crippen MR) is 71.6 cm³/mol. The molecule has 104 valence electrons. The van der Waals surface area contributed by atoms with Gasteiger partial charge in [0.05, 0.1) is 0 Å². The molecule has 3 rings (SSSR count). The van der Waals surface area contributed by atoms with Crippen LogP contribution in [0.15, 0.2) is 24.3 Å². The van der Waals surface area contributed by atoms with Crippen LogP contribution >= 0.6 is 0 Å². The van der Waals surface area contributed by atoms with E-state index in [4.69, 9.17) is 0 Å². The van der Waals surface area contributed by atoms with Crippen LogP contribution < -0.4 is 10.6 Å². The minimum absolute atomic E-state index is 0.153. The second kappa shape index (κ2) is 5.42. The zero-order valence-corrected chi connectivity index (χ0v) is 10.9. The summed E-state index contributed by atoms with van der Waals surface area (Å²) in [6, 6.07) is 6.39. The first-order valence-electron chi connectivity index (χ1n) is 6.54. The molecule has 0 saturated heterocycles. The molecule has 2 aromatic rings. The zero-order chi connectivity index (χ0) is 13.9. The molecule has 20 heavy (non-hydrogen) atoms. The molecule has 0 radical (unpaired) electrons. The van der Waals surface area contributed by atoms with E-state index in [2.05, 4.69) is 20.8 Å². The van der Waals surface area contributed by atoms with Crippen LogP contribution in [0.5, 0.6) is 0 Å². The number of hydrogen-bond donors (Lipinski definition) is 3. The zero-order valence-electron chi connectivity index (χ0n) is 10.9. The highest BCUT2D eigenvalue weighted by Gasteiger charge is 2.21. The van der Waals surface area contributed by atoms with Crippen molar-refractivity contribution in [3.05, 3.63) is 52.6 Å². The van der Waals surface area contributed by atoms with Crippen molar-refractivity contribution in [1.82, 2.24) is 20.8 Å². The molecule has 6 heteroatoms. The van der Waals surface area contributed by atoms with Gasteiger partial charge in [0.15, 0.2) is 5.69 Å². The Hall–Kier alpha value is -2.21. The van der Waals surface area contributed by atoms with Gasteiger partial charge < -0.3 is 10.6 Å². The number of aromatic amines is 1. The molecule has 5 nitrogen and oxygen atoms in total. The molecule has 1 aromatic heterocycles. The van der Waals surface area contributed by atoms with E-state index in [1.807, 2.05) is 0 Å². The Morgan fingerprint density at radius 2 is 2.25 bits per heavy atom. The van der Waals surface area contributed by atoms with Crippen LogP contribution in [0.2, 0.25) is 0 Å². The average Bonchev–Trinajstić information content (AvgIpc) is 2.90. The topological polar surface area (TPSA) is 69.8 Å². The SMILES string of the molecule is O=C(NCc1ccccc1F)c1n[nH]c2c1CNCC2. The van der Waals surface area contributed by atoms with Gasteiger partial charge in [-0.1, -0.05) is 18.2 Å². The number of rotatable bonds is 3. The third kappa shape index (κ3) is 2.42. The molecule has 0 fully saturated rings. The van der Waals surface area contributed by atoms with E-state index >= 15 is 0 Å². The van der Waals surface area contributed by atoms with E-state index in [0.29, 0.717) is 17.8 Å². The second-order valence-corrected chi connectivity index (χ2v) is 4.73. The fraction of sp³-hybridized carbons (Fsp3) is 0.286. The molecule has 1 amide bonds. The quantitative estimate of drug-likeness (QED) is 0.785. The van der Waals surface area contributed by atoms with Crippen LogP contribution in [0.25, 0.3) is 0 Å². The summed E-state index contributed by atoms with van der Waals surface area (Å²) in [5, 5.41) is 12.9. The summed E-state index contributed by atoms with van der Waals surface area (Å²) >= 11 is 0. The predicted octanol–water partition coefficient (Wildman–Crippen LogP) is 1.12. The number of nitrogens with one attached hydrogen (secondary N) is 3. The van der Waals surface area contributed by atoms with E-state index < -0.39 is 0 Å². The highest BCUT2D eigenvalue weighted by Crippen LogP contribution is 2.15. The molecule has 1 aliphatic rings. The van der Waals surface area contributed by atoms with Gasteiger partial charge >= 0.3 is 0 Å². The van der Waals surface area contributed by atoms with Crippen molar-refractivity contribution in [3.8, 4) is 0 Å². The number of amides is 1.